The Labute approximate surface area is 224 Å². The standard InChI is InChI=1S/C24H42FN6O6P/c1-14(2)30(15(3)4)24(12-26,31(16(5)6)17(7)8)13-27-38(35)37-19-9-21(36-20(19)11-32)29-10-18(25)22(33)28-23(29)34/h10,14-17,19-21,27,32,35H,9,11,13H2,1-8H3,(H,28,33,34)/t19-,20+,21+,38?/m0/s1. The second-order valence-corrected chi connectivity index (χ2v) is 11.6. The molecule has 2 rings (SSSR count). The zero-order chi connectivity index (χ0) is 28.9. The minimum atomic E-state index is -2.29. The summed E-state index contributed by atoms with van der Waals surface area (Å²) in [7, 11) is -2.29. The lowest BCUT2D eigenvalue weighted by molar-refractivity contribution is -0.0817. The zero-order valence-corrected chi connectivity index (χ0v) is 24.3. The van der Waals surface area contributed by atoms with Crippen molar-refractivity contribution in [2.75, 3.05) is 13.2 Å². The second-order valence-electron chi connectivity index (χ2n) is 10.6. The Kier molecular flexibility index (Phi) is 11.6. The van der Waals surface area contributed by atoms with E-state index in [1.165, 1.54) is 0 Å². The molecule has 0 amide bonds. The van der Waals surface area contributed by atoms with Gasteiger partial charge in [0.15, 0.2) is 5.66 Å². The Hall–Kier alpha value is -1.75. The molecule has 0 bridgehead atoms. The van der Waals surface area contributed by atoms with Crippen molar-refractivity contribution in [2.24, 2.45) is 0 Å². The van der Waals surface area contributed by atoms with Crippen LogP contribution in [0.3, 0.4) is 0 Å². The highest BCUT2D eigenvalue weighted by Gasteiger charge is 2.48. The van der Waals surface area contributed by atoms with E-state index in [4.69, 9.17) is 9.26 Å². The molecule has 0 radical (unpaired) electrons. The highest BCUT2D eigenvalue weighted by molar-refractivity contribution is 7.43. The maximum Gasteiger partial charge on any atom is 0.330 e. The first-order valence-corrected chi connectivity index (χ1v) is 14.1. The molecule has 4 N–H and O–H groups in total. The predicted octanol–water partition coefficient (Wildman–Crippen LogP) is 1.61. The number of H-pyrrole nitrogens is 1. The first-order chi connectivity index (χ1) is 17.7. The average Bonchev–Trinajstić information content (AvgIpc) is 3.20. The van der Waals surface area contributed by atoms with Gasteiger partial charge in [-0.2, -0.15) is 9.65 Å². The number of aliphatic hydroxyl groups excluding tert-OH is 1. The number of halogens is 1. The number of hydrogen-bond acceptors (Lipinski definition) is 10. The van der Waals surface area contributed by atoms with E-state index in [1.54, 1.807) is 0 Å². The molecular formula is C24H42FN6O6P. The van der Waals surface area contributed by atoms with Gasteiger partial charge in [-0.3, -0.25) is 24.1 Å². The van der Waals surface area contributed by atoms with Crippen molar-refractivity contribution >= 4 is 8.53 Å². The lowest BCUT2D eigenvalue weighted by atomic mass is 9.98. The first-order valence-electron chi connectivity index (χ1n) is 12.8. The van der Waals surface area contributed by atoms with Gasteiger partial charge in [0.05, 0.1) is 18.9 Å². The SMILES string of the molecule is CC(C)N(C(C)C)C(C#N)(CNP(O)O[C@H]1C[C@H](n2cc(F)c(=O)[nH]c2=O)O[C@@H]1CO)N(C(C)C)C(C)C. The van der Waals surface area contributed by atoms with E-state index in [-0.39, 0.29) is 37.1 Å². The van der Waals surface area contributed by atoms with Crippen LogP contribution in [0, 0.1) is 17.1 Å². The van der Waals surface area contributed by atoms with E-state index >= 15 is 0 Å². The zero-order valence-electron chi connectivity index (χ0n) is 23.4. The molecule has 4 atom stereocenters. The van der Waals surface area contributed by atoms with Gasteiger partial charge in [0.2, 0.25) is 5.82 Å². The number of hydrogen-bond donors (Lipinski definition) is 4. The predicted molar refractivity (Wildman–Crippen MR) is 141 cm³/mol. The van der Waals surface area contributed by atoms with Crippen molar-refractivity contribution in [3.8, 4) is 6.07 Å². The number of aromatic amines is 1. The maximum absolute atomic E-state index is 13.8. The molecule has 1 unspecified atom stereocenters. The number of nitrogens with zero attached hydrogens (tertiary/aromatic N) is 4. The lowest BCUT2D eigenvalue weighted by Crippen LogP contribution is -2.70. The number of nitriles is 1. The number of ether oxygens (including phenoxy) is 1. The molecule has 12 nitrogen and oxygen atoms in total. The molecule has 14 heteroatoms. The van der Waals surface area contributed by atoms with Gasteiger partial charge in [0, 0.05) is 37.1 Å². The summed E-state index contributed by atoms with van der Waals surface area (Å²) in [5, 5.41) is 23.4. The maximum atomic E-state index is 13.8. The summed E-state index contributed by atoms with van der Waals surface area (Å²) >= 11 is 0. The van der Waals surface area contributed by atoms with Crippen LogP contribution >= 0.6 is 8.53 Å². The fourth-order valence-electron chi connectivity index (χ4n) is 5.54. The minimum absolute atomic E-state index is 0.00924. The Balaban J connectivity index is 2.27. The molecule has 0 aromatic carbocycles. The van der Waals surface area contributed by atoms with E-state index in [9.17, 15) is 29.2 Å². The van der Waals surface area contributed by atoms with Gasteiger partial charge in [0.25, 0.3) is 14.1 Å². The van der Waals surface area contributed by atoms with E-state index in [0.717, 1.165) is 10.8 Å². The van der Waals surface area contributed by atoms with Gasteiger partial charge in [-0.05, 0) is 55.4 Å². The molecule has 1 aromatic rings. The van der Waals surface area contributed by atoms with Crippen LogP contribution in [0.2, 0.25) is 0 Å². The van der Waals surface area contributed by atoms with Crippen molar-refractivity contribution in [2.45, 2.75) is 110 Å². The number of nitrogens with one attached hydrogen (secondary N) is 2. The van der Waals surface area contributed by atoms with E-state index in [2.05, 4.69) is 21.0 Å². The van der Waals surface area contributed by atoms with Crippen LogP contribution in [0.25, 0.3) is 0 Å². The summed E-state index contributed by atoms with van der Waals surface area (Å²) in [6, 6.07) is 2.58. The van der Waals surface area contributed by atoms with E-state index in [1.807, 2.05) is 60.4 Å². The normalized spacial score (nSPS) is 21.4. The molecule has 216 valence electrons. The highest BCUT2D eigenvalue weighted by Crippen LogP contribution is 2.39. The van der Waals surface area contributed by atoms with Crippen molar-refractivity contribution in [1.29, 1.82) is 5.26 Å². The number of aliphatic hydroxyl groups is 1. The summed E-state index contributed by atoms with van der Waals surface area (Å²) in [6.07, 6.45) is -2.03. The average molecular weight is 561 g/mol. The van der Waals surface area contributed by atoms with E-state index < -0.39 is 56.3 Å². The third kappa shape index (κ3) is 7.06. The Morgan fingerprint density at radius 3 is 2.18 bits per heavy atom. The molecule has 1 aliphatic heterocycles. The Morgan fingerprint density at radius 2 is 1.74 bits per heavy atom. The van der Waals surface area contributed by atoms with Crippen molar-refractivity contribution in [1.82, 2.24) is 24.4 Å². The molecule has 1 aromatic heterocycles. The largest absolute Gasteiger partial charge is 0.394 e. The summed E-state index contributed by atoms with van der Waals surface area (Å²) in [6.45, 7) is 15.7. The van der Waals surface area contributed by atoms with Gasteiger partial charge >= 0.3 is 5.69 Å². The molecule has 0 spiro atoms. The van der Waals surface area contributed by atoms with Gasteiger partial charge in [-0.25, -0.2) is 9.88 Å². The molecule has 1 saturated heterocycles. The van der Waals surface area contributed by atoms with Crippen molar-refractivity contribution < 1.29 is 23.7 Å². The van der Waals surface area contributed by atoms with Crippen LogP contribution < -0.4 is 16.3 Å². The molecule has 2 heterocycles. The van der Waals surface area contributed by atoms with Crippen molar-refractivity contribution in [3.05, 3.63) is 32.9 Å². The topological polar surface area (TPSA) is 156 Å². The van der Waals surface area contributed by atoms with Crippen LogP contribution in [0.5, 0.6) is 0 Å². The summed E-state index contributed by atoms with van der Waals surface area (Å²) in [5.74, 6) is -1.16. The molecule has 38 heavy (non-hydrogen) atoms. The Morgan fingerprint density at radius 1 is 1.21 bits per heavy atom. The third-order valence-corrected chi connectivity index (χ3v) is 7.45. The number of aromatic nitrogens is 2. The number of rotatable bonds is 13. The smallest absolute Gasteiger partial charge is 0.330 e. The van der Waals surface area contributed by atoms with Crippen molar-refractivity contribution in [3.63, 3.8) is 0 Å². The van der Waals surface area contributed by atoms with Crippen LogP contribution in [-0.2, 0) is 9.26 Å². The van der Waals surface area contributed by atoms with Gasteiger partial charge in [-0.1, -0.05) is 0 Å². The monoisotopic (exact) mass is 560 g/mol. The quantitative estimate of drug-likeness (QED) is 0.206. The first kappa shape index (κ1) is 32.5. The fraction of sp³-hybridized carbons (Fsp3) is 0.792. The van der Waals surface area contributed by atoms with Crippen LogP contribution in [-0.4, -0.2) is 84.5 Å². The third-order valence-electron chi connectivity index (χ3n) is 6.55. The molecule has 1 fully saturated rings. The second kappa shape index (κ2) is 13.5. The van der Waals surface area contributed by atoms with E-state index in [0.29, 0.717) is 0 Å². The minimum Gasteiger partial charge on any atom is -0.394 e. The highest BCUT2D eigenvalue weighted by atomic mass is 31.2. The van der Waals surface area contributed by atoms with Gasteiger partial charge in [-0.15, -0.1) is 0 Å². The van der Waals surface area contributed by atoms with Gasteiger partial charge in [0.1, 0.15) is 18.4 Å². The van der Waals surface area contributed by atoms with Gasteiger partial charge < -0.3 is 19.3 Å². The molecule has 1 aliphatic rings. The van der Waals surface area contributed by atoms with Crippen LogP contribution in [0.4, 0.5) is 4.39 Å². The van der Waals surface area contributed by atoms with Crippen LogP contribution in [0.1, 0.15) is 68.0 Å². The van der Waals surface area contributed by atoms with Crippen LogP contribution in [0.15, 0.2) is 15.8 Å². The summed E-state index contributed by atoms with van der Waals surface area (Å²) in [5.41, 5.74) is -3.14. The summed E-state index contributed by atoms with van der Waals surface area (Å²) in [4.78, 5) is 40.5. The summed E-state index contributed by atoms with van der Waals surface area (Å²) < 4.78 is 26.1. The lowest BCUT2D eigenvalue weighted by Gasteiger charge is -2.53. The molecule has 0 aliphatic carbocycles. The fourth-order valence-corrected chi connectivity index (χ4v) is 6.44. The molecule has 0 saturated carbocycles. The Bertz CT molecular complexity index is 1040. The molecular weight excluding hydrogens is 518 g/mol.